The first kappa shape index (κ1) is 20.7. The summed E-state index contributed by atoms with van der Waals surface area (Å²) in [4.78, 5) is 25.8. The quantitative estimate of drug-likeness (QED) is 0.465. The molecule has 0 unspecified atom stereocenters. The Morgan fingerprint density at radius 1 is 1.03 bits per heavy atom. The summed E-state index contributed by atoms with van der Waals surface area (Å²) < 4.78 is 7.27. The fraction of sp³-hybridized carbons (Fsp3) is 0.217. The highest BCUT2D eigenvalue weighted by Gasteiger charge is 2.19. The van der Waals surface area contributed by atoms with Crippen LogP contribution in [0.15, 0.2) is 59.5 Å². The Morgan fingerprint density at radius 2 is 1.72 bits per heavy atom. The fourth-order valence-corrected chi connectivity index (χ4v) is 3.76. The molecule has 0 aliphatic carbocycles. The smallest absolute Gasteiger partial charge is 0.340 e. The van der Waals surface area contributed by atoms with Crippen molar-refractivity contribution in [3.63, 3.8) is 0 Å². The number of carbonyl (C=O) groups is 2. The molecule has 0 bridgehead atoms. The lowest BCUT2D eigenvalue weighted by molar-refractivity contribution is -0.119. The van der Waals surface area contributed by atoms with Crippen LogP contribution in [0.2, 0.25) is 0 Å². The maximum absolute atomic E-state index is 12.6. The third-order valence-electron chi connectivity index (χ3n) is 4.66. The third-order valence-corrected chi connectivity index (χ3v) is 5.45. The van der Waals surface area contributed by atoms with Crippen LogP contribution in [0.25, 0.3) is 5.69 Å². The van der Waals surface area contributed by atoms with E-state index in [2.05, 4.69) is 5.32 Å². The van der Waals surface area contributed by atoms with Crippen LogP contribution in [0.4, 0.5) is 5.69 Å². The zero-order chi connectivity index (χ0) is 21.0. The van der Waals surface area contributed by atoms with Gasteiger partial charge in [0.05, 0.1) is 11.3 Å². The van der Waals surface area contributed by atoms with E-state index in [0.29, 0.717) is 11.3 Å². The monoisotopic (exact) mass is 408 g/mol. The number of esters is 1. The summed E-state index contributed by atoms with van der Waals surface area (Å²) in [7, 11) is 0. The SMILES string of the molecule is CSc1ccccc1NC(=O)COC(=O)c1cc(C)n(-c2ccc(C)cc2)c1C. The molecule has 5 nitrogen and oxygen atoms in total. The van der Waals surface area contributed by atoms with Crippen molar-refractivity contribution in [1.82, 2.24) is 4.57 Å². The molecule has 0 saturated heterocycles. The molecule has 3 rings (SSSR count). The van der Waals surface area contributed by atoms with Gasteiger partial charge in [-0.15, -0.1) is 11.8 Å². The minimum atomic E-state index is -0.509. The number of anilines is 1. The first-order valence-electron chi connectivity index (χ1n) is 9.26. The van der Waals surface area contributed by atoms with E-state index in [1.54, 1.807) is 6.07 Å². The van der Waals surface area contributed by atoms with E-state index in [0.717, 1.165) is 22.0 Å². The van der Waals surface area contributed by atoms with Gasteiger partial charge < -0.3 is 14.6 Å². The van der Waals surface area contributed by atoms with Gasteiger partial charge in [-0.2, -0.15) is 0 Å². The lowest BCUT2D eigenvalue weighted by atomic mass is 10.2. The number of carbonyl (C=O) groups excluding carboxylic acids is 2. The number of hydrogen-bond donors (Lipinski definition) is 1. The molecule has 0 saturated carbocycles. The van der Waals surface area contributed by atoms with Gasteiger partial charge in [-0.3, -0.25) is 4.79 Å². The molecule has 150 valence electrons. The molecule has 29 heavy (non-hydrogen) atoms. The molecule has 6 heteroatoms. The van der Waals surface area contributed by atoms with Gasteiger partial charge in [0.1, 0.15) is 0 Å². The van der Waals surface area contributed by atoms with E-state index < -0.39 is 5.97 Å². The number of benzene rings is 2. The van der Waals surface area contributed by atoms with Crippen molar-refractivity contribution in [2.75, 3.05) is 18.2 Å². The predicted octanol–water partition coefficient (Wildman–Crippen LogP) is 4.92. The Hall–Kier alpha value is -2.99. The van der Waals surface area contributed by atoms with Gasteiger partial charge in [0.15, 0.2) is 6.61 Å². The van der Waals surface area contributed by atoms with Crippen LogP contribution in [0, 0.1) is 20.8 Å². The third kappa shape index (κ3) is 4.71. The summed E-state index contributed by atoms with van der Waals surface area (Å²) in [6.07, 6.45) is 1.94. The average molecular weight is 409 g/mol. The average Bonchev–Trinajstić information content (AvgIpc) is 3.01. The number of rotatable bonds is 6. The number of aromatic nitrogens is 1. The summed E-state index contributed by atoms with van der Waals surface area (Å²) in [6.45, 7) is 5.51. The van der Waals surface area contributed by atoms with Crippen LogP contribution < -0.4 is 5.32 Å². The molecule has 1 amide bonds. The van der Waals surface area contributed by atoms with Crippen molar-refractivity contribution < 1.29 is 14.3 Å². The number of nitrogens with one attached hydrogen (secondary N) is 1. The first-order valence-corrected chi connectivity index (χ1v) is 10.5. The lowest BCUT2D eigenvalue weighted by Crippen LogP contribution is -2.21. The minimum Gasteiger partial charge on any atom is -0.452 e. The second-order valence-electron chi connectivity index (χ2n) is 6.78. The minimum absolute atomic E-state index is 0.338. The maximum atomic E-state index is 12.6. The maximum Gasteiger partial charge on any atom is 0.340 e. The van der Waals surface area contributed by atoms with Crippen molar-refractivity contribution in [2.45, 2.75) is 25.7 Å². The predicted molar refractivity (Wildman–Crippen MR) is 117 cm³/mol. The largest absolute Gasteiger partial charge is 0.452 e. The molecule has 0 fully saturated rings. The van der Waals surface area contributed by atoms with Gasteiger partial charge in [0, 0.05) is 22.0 Å². The molecular formula is C23H24N2O3S. The fourth-order valence-electron chi connectivity index (χ4n) is 3.20. The molecule has 1 aromatic heterocycles. The second-order valence-corrected chi connectivity index (χ2v) is 7.63. The molecule has 3 aromatic rings. The number of aryl methyl sites for hydroxylation is 2. The summed E-state index contributed by atoms with van der Waals surface area (Å²) in [6, 6.07) is 17.4. The van der Waals surface area contributed by atoms with E-state index in [1.165, 1.54) is 17.3 Å². The standard InChI is InChI=1S/C23H24N2O3S/c1-15-9-11-18(12-10-15)25-16(2)13-19(17(25)3)23(27)28-14-22(26)24-20-7-5-6-8-21(20)29-4/h5-13H,14H2,1-4H3,(H,24,26). The normalized spacial score (nSPS) is 10.6. The summed E-state index contributed by atoms with van der Waals surface area (Å²) in [5.74, 6) is -0.878. The highest BCUT2D eigenvalue weighted by Crippen LogP contribution is 2.25. The summed E-state index contributed by atoms with van der Waals surface area (Å²) >= 11 is 1.54. The van der Waals surface area contributed by atoms with Crippen LogP contribution in [0.1, 0.15) is 27.3 Å². The molecular weight excluding hydrogens is 384 g/mol. The van der Waals surface area contributed by atoms with Crippen LogP contribution >= 0.6 is 11.8 Å². The molecule has 0 aliphatic heterocycles. The van der Waals surface area contributed by atoms with Gasteiger partial charge in [0.2, 0.25) is 0 Å². The molecule has 1 N–H and O–H groups in total. The van der Waals surface area contributed by atoms with E-state index in [4.69, 9.17) is 4.74 Å². The summed E-state index contributed by atoms with van der Waals surface area (Å²) in [5.41, 5.74) is 5.03. The van der Waals surface area contributed by atoms with E-state index in [1.807, 2.05) is 80.1 Å². The number of ether oxygens (including phenoxy) is 1. The van der Waals surface area contributed by atoms with Gasteiger partial charge in [-0.05, 0) is 57.4 Å². The zero-order valence-electron chi connectivity index (χ0n) is 17.0. The van der Waals surface area contributed by atoms with Gasteiger partial charge in [-0.1, -0.05) is 29.8 Å². The Balaban J connectivity index is 1.69. The number of para-hydroxylation sites is 1. The Morgan fingerprint density at radius 3 is 2.41 bits per heavy atom. The van der Waals surface area contributed by atoms with Gasteiger partial charge in [0.25, 0.3) is 5.91 Å². The second kappa shape index (κ2) is 9.01. The molecule has 2 aromatic carbocycles. The van der Waals surface area contributed by atoms with Gasteiger partial charge in [-0.25, -0.2) is 4.79 Å². The van der Waals surface area contributed by atoms with Crippen LogP contribution in [0.5, 0.6) is 0 Å². The van der Waals surface area contributed by atoms with Crippen LogP contribution in [-0.2, 0) is 9.53 Å². The number of nitrogens with zero attached hydrogens (tertiary/aromatic N) is 1. The lowest BCUT2D eigenvalue weighted by Gasteiger charge is -2.11. The zero-order valence-corrected chi connectivity index (χ0v) is 17.8. The van der Waals surface area contributed by atoms with E-state index >= 15 is 0 Å². The molecule has 0 aliphatic rings. The topological polar surface area (TPSA) is 60.3 Å². The van der Waals surface area contributed by atoms with Crippen molar-refractivity contribution in [2.24, 2.45) is 0 Å². The van der Waals surface area contributed by atoms with Crippen molar-refractivity contribution >= 4 is 29.3 Å². The Labute approximate surface area is 175 Å². The summed E-state index contributed by atoms with van der Waals surface area (Å²) in [5, 5.41) is 2.79. The van der Waals surface area contributed by atoms with E-state index in [-0.39, 0.29) is 12.5 Å². The van der Waals surface area contributed by atoms with E-state index in [9.17, 15) is 9.59 Å². The van der Waals surface area contributed by atoms with Gasteiger partial charge >= 0.3 is 5.97 Å². The first-order chi connectivity index (χ1) is 13.9. The molecule has 0 atom stereocenters. The molecule has 1 heterocycles. The van der Waals surface area contributed by atoms with Crippen LogP contribution in [-0.4, -0.2) is 29.3 Å². The highest BCUT2D eigenvalue weighted by atomic mass is 32.2. The number of amides is 1. The Kier molecular flexibility index (Phi) is 6.44. The number of thioether (sulfide) groups is 1. The number of hydrogen-bond acceptors (Lipinski definition) is 4. The molecule has 0 spiro atoms. The van der Waals surface area contributed by atoms with Crippen molar-refractivity contribution in [1.29, 1.82) is 0 Å². The highest BCUT2D eigenvalue weighted by molar-refractivity contribution is 7.98. The van der Waals surface area contributed by atoms with Crippen molar-refractivity contribution in [3.05, 3.63) is 77.1 Å². The molecule has 0 radical (unpaired) electrons. The van der Waals surface area contributed by atoms with Crippen LogP contribution in [0.3, 0.4) is 0 Å². The van der Waals surface area contributed by atoms with Crippen molar-refractivity contribution in [3.8, 4) is 5.69 Å². The Bertz CT molecular complexity index is 1040.